The molecular weight excluding hydrogens is 190 g/mol. The average Bonchev–Trinajstić information content (AvgIpc) is 2.60. The summed E-state index contributed by atoms with van der Waals surface area (Å²) in [4.78, 5) is 0. The molecule has 0 radical (unpaired) electrons. The fourth-order valence-corrected chi connectivity index (χ4v) is 2.35. The van der Waals surface area contributed by atoms with Crippen LogP contribution in [0.1, 0.15) is 18.4 Å². The molecule has 1 heterocycles. The molecule has 0 aromatic heterocycles. The molecule has 0 spiro atoms. The van der Waals surface area contributed by atoms with Gasteiger partial charge in [-0.25, -0.2) is 0 Å². The third-order valence-corrected chi connectivity index (χ3v) is 3.24. The lowest BCUT2D eigenvalue weighted by atomic mass is 10.2. The van der Waals surface area contributed by atoms with Crippen molar-refractivity contribution < 1.29 is 9.75 Å². The second-order valence-electron chi connectivity index (χ2n) is 4.30. The zero-order valence-electron chi connectivity index (χ0n) is 8.80. The van der Waals surface area contributed by atoms with Crippen molar-refractivity contribution in [2.75, 3.05) is 13.2 Å². The largest absolute Gasteiger partial charge is 0.632 e. The molecule has 0 saturated carbocycles. The molecule has 1 aliphatic heterocycles. The first-order valence-corrected chi connectivity index (χ1v) is 5.47. The van der Waals surface area contributed by atoms with E-state index in [1.165, 1.54) is 0 Å². The Morgan fingerprint density at radius 2 is 2.07 bits per heavy atom. The summed E-state index contributed by atoms with van der Waals surface area (Å²) >= 11 is 0. The molecular formula is C12H17NO2. The summed E-state index contributed by atoms with van der Waals surface area (Å²) in [6.45, 7) is 1.14. The van der Waals surface area contributed by atoms with Crippen LogP contribution in [0.15, 0.2) is 30.3 Å². The molecule has 2 atom stereocenters. The van der Waals surface area contributed by atoms with Crippen LogP contribution in [0.4, 0.5) is 0 Å². The number of hydrogen-bond acceptors (Lipinski definition) is 2. The molecule has 82 valence electrons. The van der Waals surface area contributed by atoms with Gasteiger partial charge in [0.05, 0.1) is 13.2 Å². The van der Waals surface area contributed by atoms with Gasteiger partial charge in [0, 0.05) is 18.4 Å². The summed E-state index contributed by atoms with van der Waals surface area (Å²) in [5.74, 6) is 0. The van der Waals surface area contributed by atoms with Crippen LogP contribution in [-0.4, -0.2) is 28.9 Å². The number of hydrogen-bond donors (Lipinski definition) is 1. The minimum atomic E-state index is -0.249. The molecule has 1 aromatic carbocycles. The topological polar surface area (TPSA) is 43.3 Å². The number of aliphatic hydroxyl groups is 1. The van der Waals surface area contributed by atoms with Gasteiger partial charge in [-0.2, -0.15) is 0 Å². The predicted molar refractivity (Wildman–Crippen MR) is 58.7 cm³/mol. The van der Waals surface area contributed by atoms with Crippen molar-refractivity contribution >= 4 is 0 Å². The van der Waals surface area contributed by atoms with Crippen molar-refractivity contribution in [3.05, 3.63) is 41.1 Å². The Kier molecular flexibility index (Phi) is 3.05. The predicted octanol–water partition coefficient (Wildman–Crippen LogP) is 1.66. The quantitative estimate of drug-likeness (QED) is 0.605. The molecule has 3 nitrogen and oxygen atoms in total. The number of aliphatic hydroxyl groups excluding tert-OH is 1. The van der Waals surface area contributed by atoms with E-state index in [1.54, 1.807) is 0 Å². The van der Waals surface area contributed by atoms with Gasteiger partial charge in [-0.15, -0.1) is 0 Å². The van der Waals surface area contributed by atoms with E-state index < -0.39 is 0 Å². The smallest absolute Gasteiger partial charge is 0.113 e. The Morgan fingerprint density at radius 1 is 1.33 bits per heavy atom. The second-order valence-corrected chi connectivity index (χ2v) is 4.30. The van der Waals surface area contributed by atoms with E-state index in [-0.39, 0.29) is 17.3 Å². The van der Waals surface area contributed by atoms with Gasteiger partial charge in [0.1, 0.15) is 12.6 Å². The lowest BCUT2D eigenvalue weighted by Crippen LogP contribution is -2.47. The molecule has 2 rings (SSSR count). The van der Waals surface area contributed by atoms with E-state index in [0.29, 0.717) is 13.1 Å². The SMILES string of the molecule is [O-][N@@+]1(Cc2ccccc2)CCC[C@H]1CO. The van der Waals surface area contributed by atoms with Gasteiger partial charge in [0.25, 0.3) is 0 Å². The van der Waals surface area contributed by atoms with Crippen LogP contribution < -0.4 is 0 Å². The number of hydroxylamine groups is 3. The van der Waals surface area contributed by atoms with Crippen LogP contribution in [0.25, 0.3) is 0 Å². The third kappa shape index (κ3) is 2.20. The molecule has 0 amide bonds. The summed E-state index contributed by atoms with van der Waals surface area (Å²) in [5, 5.41) is 21.6. The summed E-state index contributed by atoms with van der Waals surface area (Å²) in [5.41, 5.74) is 1.06. The first-order valence-electron chi connectivity index (χ1n) is 5.47. The van der Waals surface area contributed by atoms with Crippen LogP contribution in [0.3, 0.4) is 0 Å². The zero-order chi connectivity index (χ0) is 10.7. The monoisotopic (exact) mass is 207 g/mol. The Hall–Kier alpha value is -0.900. The fourth-order valence-electron chi connectivity index (χ4n) is 2.35. The number of rotatable bonds is 3. The summed E-state index contributed by atoms with van der Waals surface area (Å²) in [6.07, 6.45) is 1.79. The van der Waals surface area contributed by atoms with Crippen LogP contribution >= 0.6 is 0 Å². The standard InChI is InChI=1S/C12H17NO2/c14-10-12-7-4-8-13(12,15)9-11-5-2-1-3-6-11/h1-3,5-6,12,14H,4,7-10H2/t12-,13+/m0/s1. The average molecular weight is 207 g/mol. The van der Waals surface area contributed by atoms with Crippen LogP contribution in [0.2, 0.25) is 0 Å². The molecule has 1 aliphatic rings. The van der Waals surface area contributed by atoms with Crippen molar-refractivity contribution in [3.8, 4) is 0 Å². The van der Waals surface area contributed by atoms with E-state index in [2.05, 4.69) is 0 Å². The highest BCUT2D eigenvalue weighted by Crippen LogP contribution is 2.28. The molecule has 1 fully saturated rings. The van der Waals surface area contributed by atoms with E-state index in [4.69, 9.17) is 5.11 Å². The number of likely N-dealkylation sites (tertiary alicyclic amines) is 1. The molecule has 1 aromatic rings. The molecule has 1 N–H and O–H groups in total. The molecule has 0 unspecified atom stereocenters. The molecule has 15 heavy (non-hydrogen) atoms. The maximum absolute atomic E-state index is 12.4. The van der Waals surface area contributed by atoms with Gasteiger partial charge in [-0.05, 0) is 0 Å². The number of quaternary nitrogens is 1. The van der Waals surface area contributed by atoms with E-state index >= 15 is 0 Å². The molecule has 0 bridgehead atoms. The van der Waals surface area contributed by atoms with Crippen LogP contribution in [0, 0.1) is 5.21 Å². The van der Waals surface area contributed by atoms with Gasteiger partial charge in [-0.1, -0.05) is 30.3 Å². The Bertz CT molecular complexity index is 315. The first kappa shape index (κ1) is 10.6. The minimum Gasteiger partial charge on any atom is -0.632 e. The van der Waals surface area contributed by atoms with Gasteiger partial charge in [-0.3, -0.25) is 0 Å². The maximum Gasteiger partial charge on any atom is 0.113 e. The Balaban J connectivity index is 2.10. The maximum atomic E-state index is 12.4. The van der Waals surface area contributed by atoms with Gasteiger partial charge in [0.2, 0.25) is 0 Å². The zero-order valence-corrected chi connectivity index (χ0v) is 8.80. The summed E-state index contributed by atoms with van der Waals surface area (Å²) in [6, 6.07) is 9.68. The normalized spacial score (nSPS) is 30.7. The van der Waals surface area contributed by atoms with Crippen molar-refractivity contribution in [1.82, 2.24) is 0 Å². The molecule has 1 saturated heterocycles. The second kappa shape index (κ2) is 4.31. The number of benzene rings is 1. The molecule has 0 aliphatic carbocycles. The molecule has 3 heteroatoms. The highest BCUT2D eigenvalue weighted by molar-refractivity contribution is 5.13. The minimum absolute atomic E-state index is 0.0103. The van der Waals surface area contributed by atoms with Crippen LogP contribution in [0.5, 0.6) is 0 Å². The van der Waals surface area contributed by atoms with Gasteiger partial charge < -0.3 is 15.0 Å². The highest BCUT2D eigenvalue weighted by Gasteiger charge is 2.33. The fraction of sp³-hybridized carbons (Fsp3) is 0.500. The van der Waals surface area contributed by atoms with E-state index in [9.17, 15) is 5.21 Å². The summed E-state index contributed by atoms with van der Waals surface area (Å²) < 4.78 is -0.249. The Morgan fingerprint density at radius 3 is 2.73 bits per heavy atom. The van der Waals surface area contributed by atoms with E-state index in [0.717, 1.165) is 18.4 Å². The lowest BCUT2D eigenvalue weighted by molar-refractivity contribution is -0.906. The Labute approximate surface area is 90.1 Å². The van der Waals surface area contributed by atoms with Gasteiger partial charge >= 0.3 is 0 Å². The van der Waals surface area contributed by atoms with Crippen molar-refractivity contribution in [2.45, 2.75) is 25.4 Å². The number of nitrogens with zero attached hydrogens (tertiary/aromatic N) is 1. The van der Waals surface area contributed by atoms with Crippen molar-refractivity contribution in [1.29, 1.82) is 0 Å². The summed E-state index contributed by atoms with van der Waals surface area (Å²) in [7, 11) is 0. The first-order chi connectivity index (χ1) is 7.24. The van der Waals surface area contributed by atoms with Gasteiger partial charge in [0.15, 0.2) is 0 Å². The highest BCUT2D eigenvalue weighted by atomic mass is 16.6. The lowest BCUT2D eigenvalue weighted by Gasteiger charge is -2.43. The van der Waals surface area contributed by atoms with Crippen molar-refractivity contribution in [2.24, 2.45) is 0 Å². The van der Waals surface area contributed by atoms with E-state index in [1.807, 2.05) is 30.3 Å². The van der Waals surface area contributed by atoms with Crippen LogP contribution in [-0.2, 0) is 6.54 Å². The van der Waals surface area contributed by atoms with Crippen molar-refractivity contribution in [3.63, 3.8) is 0 Å². The third-order valence-electron chi connectivity index (χ3n) is 3.24.